The second-order valence-electron chi connectivity index (χ2n) is 5.09. The minimum Gasteiger partial charge on any atom is -0.476 e. The number of pyridine rings is 1. The summed E-state index contributed by atoms with van der Waals surface area (Å²) in [5, 5.41) is 2.69. The molecule has 1 N–H and O–H groups in total. The van der Waals surface area contributed by atoms with Gasteiger partial charge in [-0.15, -0.1) is 0 Å². The van der Waals surface area contributed by atoms with Gasteiger partial charge in [-0.3, -0.25) is 14.1 Å². The molecular formula is C15H15N3O4S. The molecule has 0 aliphatic carbocycles. The van der Waals surface area contributed by atoms with Crippen LogP contribution in [0.25, 0.3) is 0 Å². The van der Waals surface area contributed by atoms with Crippen LogP contribution in [0, 0.1) is 0 Å². The van der Waals surface area contributed by atoms with Crippen molar-refractivity contribution in [2.45, 2.75) is 6.10 Å². The van der Waals surface area contributed by atoms with Crippen molar-refractivity contribution in [2.24, 2.45) is 0 Å². The van der Waals surface area contributed by atoms with Crippen LogP contribution in [0.15, 0.2) is 48.8 Å². The maximum Gasteiger partial charge on any atom is 0.267 e. The standard InChI is InChI=1S/C15H15N3O4S/c1-23(20,21)18-10-14(22-13-5-3-2-4-12(13)18)15(19)17-11-6-8-16-9-7-11/h2-9,14H,10H2,1H3,(H,16,17,19)/t14-/m0/s1. The minimum atomic E-state index is -3.52. The fourth-order valence-corrected chi connectivity index (χ4v) is 3.23. The minimum absolute atomic E-state index is 0.0766. The summed E-state index contributed by atoms with van der Waals surface area (Å²) in [6.07, 6.45) is 3.27. The summed E-state index contributed by atoms with van der Waals surface area (Å²) >= 11 is 0. The van der Waals surface area contributed by atoms with Crippen LogP contribution in [0.1, 0.15) is 0 Å². The topological polar surface area (TPSA) is 88.6 Å². The van der Waals surface area contributed by atoms with Crippen molar-refractivity contribution in [1.82, 2.24) is 4.98 Å². The molecule has 2 aromatic rings. The summed E-state index contributed by atoms with van der Waals surface area (Å²) in [7, 11) is -3.52. The van der Waals surface area contributed by atoms with Gasteiger partial charge in [-0.05, 0) is 24.3 Å². The maximum atomic E-state index is 12.4. The summed E-state index contributed by atoms with van der Waals surface area (Å²) in [4.78, 5) is 16.2. The van der Waals surface area contributed by atoms with Gasteiger partial charge in [0.05, 0.1) is 18.5 Å². The summed E-state index contributed by atoms with van der Waals surface area (Å²) in [5.74, 6) is -0.0570. The van der Waals surface area contributed by atoms with Gasteiger partial charge >= 0.3 is 0 Å². The number of nitrogens with zero attached hydrogens (tertiary/aromatic N) is 2. The quantitative estimate of drug-likeness (QED) is 0.913. The van der Waals surface area contributed by atoms with E-state index in [0.717, 1.165) is 6.26 Å². The molecule has 8 heteroatoms. The molecule has 0 spiro atoms. The summed E-state index contributed by atoms with van der Waals surface area (Å²) in [6.45, 7) is -0.0766. The number of fused-ring (bicyclic) bond motifs is 1. The number of anilines is 2. The van der Waals surface area contributed by atoms with Gasteiger partial charge in [-0.1, -0.05) is 12.1 Å². The predicted molar refractivity (Wildman–Crippen MR) is 85.9 cm³/mol. The molecule has 1 amide bonds. The van der Waals surface area contributed by atoms with Crippen LogP contribution < -0.4 is 14.4 Å². The molecule has 0 fully saturated rings. The van der Waals surface area contributed by atoms with E-state index in [1.165, 1.54) is 4.31 Å². The van der Waals surface area contributed by atoms with E-state index in [1.54, 1.807) is 48.8 Å². The molecule has 1 aromatic carbocycles. The van der Waals surface area contributed by atoms with Crippen LogP contribution in [0.5, 0.6) is 5.75 Å². The van der Waals surface area contributed by atoms with Crippen LogP contribution in [0.4, 0.5) is 11.4 Å². The zero-order chi connectivity index (χ0) is 16.4. The molecule has 1 aliphatic heterocycles. The molecule has 0 bridgehead atoms. The average Bonchev–Trinajstić information content (AvgIpc) is 2.54. The third-order valence-electron chi connectivity index (χ3n) is 3.38. The van der Waals surface area contributed by atoms with E-state index in [0.29, 0.717) is 17.1 Å². The summed E-state index contributed by atoms with van der Waals surface area (Å²) < 4.78 is 30.9. The summed E-state index contributed by atoms with van der Waals surface area (Å²) in [5.41, 5.74) is 1.00. The van der Waals surface area contributed by atoms with Gasteiger partial charge in [0, 0.05) is 18.1 Å². The van der Waals surface area contributed by atoms with Gasteiger partial charge in [-0.2, -0.15) is 0 Å². The predicted octanol–water partition coefficient (Wildman–Crippen LogP) is 1.25. The third kappa shape index (κ3) is 3.26. The molecule has 1 aromatic heterocycles. The lowest BCUT2D eigenvalue weighted by molar-refractivity contribution is -0.122. The van der Waals surface area contributed by atoms with Crippen molar-refractivity contribution in [3.8, 4) is 5.75 Å². The highest BCUT2D eigenvalue weighted by Crippen LogP contribution is 2.34. The number of nitrogens with one attached hydrogen (secondary N) is 1. The molecule has 0 radical (unpaired) electrons. The molecule has 2 heterocycles. The fourth-order valence-electron chi connectivity index (χ4n) is 2.31. The molecule has 0 saturated carbocycles. The van der Waals surface area contributed by atoms with Gasteiger partial charge < -0.3 is 10.1 Å². The van der Waals surface area contributed by atoms with Crippen molar-refractivity contribution in [1.29, 1.82) is 0 Å². The van der Waals surface area contributed by atoms with E-state index < -0.39 is 22.0 Å². The van der Waals surface area contributed by atoms with Crippen molar-refractivity contribution >= 4 is 27.3 Å². The lowest BCUT2D eigenvalue weighted by atomic mass is 10.2. The van der Waals surface area contributed by atoms with Crippen LogP contribution in [-0.4, -0.2) is 38.2 Å². The largest absolute Gasteiger partial charge is 0.476 e. The third-order valence-corrected chi connectivity index (χ3v) is 4.52. The first kappa shape index (κ1) is 15.3. The Labute approximate surface area is 134 Å². The number of carbonyl (C=O) groups is 1. The lowest BCUT2D eigenvalue weighted by Crippen LogP contribution is -2.48. The second-order valence-corrected chi connectivity index (χ2v) is 7.00. The van der Waals surface area contributed by atoms with Gasteiger partial charge in [-0.25, -0.2) is 8.42 Å². The SMILES string of the molecule is CS(=O)(=O)N1C[C@@H](C(=O)Nc2ccncc2)Oc2ccccc21. The molecular weight excluding hydrogens is 318 g/mol. The Morgan fingerprint density at radius 1 is 1.26 bits per heavy atom. The first-order chi connectivity index (χ1) is 10.9. The molecule has 7 nitrogen and oxygen atoms in total. The monoisotopic (exact) mass is 333 g/mol. The Balaban J connectivity index is 1.87. The highest BCUT2D eigenvalue weighted by Gasteiger charge is 2.34. The Morgan fingerprint density at radius 2 is 1.96 bits per heavy atom. The molecule has 1 atom stereocenters. The fraction of sp³-hybridized carbons (Fsp3) is 0.200. The number of sulfonamides is 1. The number of benzene rings is 1. The maximum absolute atomic E-state index is 12.4. The normalized spacial score (nSPS) is 17.1. The smallest absolute Gasteiger partial charge is 0.267 e. The van der Waals surface area contributed by atoms with Gasteiger partial charge in [0.25, 0.3) is 5.91 Å². The van der Waals surface area contributed by atoms with E-state index >= 15 is 0 Å². The number of aromatic nitrogens is 1. The first-order valence-corrected chi connectivity index (χ1v) is 8.74. The van der Waals surface area contributed by atoms with Gasteiger partial charge in [0.2, 0.25) is 10.0 Å². The van der Waals surface area contributed by atoms with Crippen LogP contribution in [-0.2, 0) is 14.8 Å². The summed E-state index contributed by atoms with van der Waals surface area (Å²) in [6, 6.07) is 10.0. The number of para-hydroxylation sites is 2. The highest BCUT2D eigenvalue weighted by atomic mass is 32.2. The van der Waals surface area contributed by atoms with Gasteiger partial charge in [0.1, 0.15) is 5.75 Å². The number of hydrogen-bond acceptors (Lipinski definition) is 5. The Kier molecular flexibility index (Phi) is 3.91. The molecule has 1 aliphatic rings. The number of amides is 1. The zero-order valence-corrected chi connectivity index (χ0v) is 13.2. The molecule has 120 valence electrons. The lowest BCUT2D eigenvalue weighted by Gasteiger charge is -2.33. The Hall–Kier alpha value is -2.61. The molecule has 0 saturated heterocycles. The van der Waals surface area contributed by atoms with Crippen molar-refractivity contribution < 1.29 is 17.9 Å². The van der Waals surface area contributed by atoms with Gasteiger partial charge in [0.15, 0.2) is 6.10 Å². The molecule has 0 unspecified atom stereocenters. The van der Waals surface area contributed by atoms with E-state index in [1.807, 2.05) is 0 Å². The number of carbonyl (C=O) groups excluding carboxylic acids is 1. The van der Waals surface area contributed by atoms with Crippen LogP contribution in [0.2, 0.25) is 0 Å². The molecule has 3 rings (SSSR count). The second kappa shape index (κ2) is 5.88. The number of hydrogen-bond donors (Lipinski definition) is 1. The van der Waals surface area contributed by atoms with Crippen molar-refractivity contribution in [2.75, 3.05) is 22.4 Å². The Morgan fingerprint density at radius 3 is 2.65 bits per heavy atom. The first-order valence-electron chi connectivity index (χ1n) is 6.89. The van der Waals surface area contributed by atoms with Crippen molar-refractivity contribution in [3.63, 3.8) is 0 Å². The van der Waals surface area contributed by atoms with E-state index in [4.69, 9.17) is 4.74 Å². The zero-order valence-electron chi connectivity index (χ0n) is 12.3. The van der Waals surface area contributed by atoms with E-state index in [-0.39, 0.29) is 6.54 Å². The molecule has 23 heavy (non-hydrogen) atoms. The van der Waals surface area contributed by atoms with E-state index in [9.17, 15) is 13.2 Å². The number of ether oxygens (including phenoxy) is 1. The van der Waals surface area contributed by atoms with Crippen molar-refractivity contribution in [3.05, 3.63) is 48.8 Å². The highest BCUT2D eigenvalue weighted by molar-refractivity contribution is 7.92. The van der Waals surface area contributed by atoms with Crippen LogP contribution >= 0.6 is 0 Å². The van der Waals surface area contributed by atoms with E-state index in [2.05, 4.69) is 10.3 Å². The van der Waals surface area contributed by atoms with Crippen LogP contribution in [0.3, 0.4) is 0 Å². The average molecular weight is 333 g/mol. The number of rotatable bonds is 3. The Bertz CT molecular complexity index is 824.